The summed E-state index contributed by atoms with van der Waals surface area (Å²) < 4.78 is 1.45. The Balaban J connectivity index is 2.62. The summed E-state index contributed by atoms with van der Waals surface area (Å²) >= 11 is 0. The number of benzene rings is 1. The van der Waals surface area contributed by atoms with Crippen molar-refractivity contribution in [1.29, 1.82) is 0 Å². The van der Waals surface area contributed by atoms with Crippen molar-refractivity contribution in [3.63, 3.8) is 0 Å². The number of nitrogens with two attached hydrogens (primary N) is 1. The zero-order valence-electron chi connectivity index (χ0n) is 9.64. The van der Waals surface area contributed by atoms with Gasteiger partial charge in [0.2, 0.25) is 0 Å². The van der Waals surface area contributed by atoms with Crippen LogP contribution in [-0.4, -0.2) is 20.9 Å². The first-order chi connectivity index (χ1) is 8.02. The first-order valence-corrected chi connectivity index (χ1v) is 5.15. The molecule has 0 saturated carbocycles. The second-order valence-electron chi connectivity index (χ2n) is 3.88. The van der Waals surface area contributed by atoms with Gasteiger partial charge in [-0.15, -0.1) is 0 Å². The number of carboxylic acids is 1. The minimum absolute atomic E-state index is 0.0194. The Bertz CT molecular complexity index is 587. The van der Waals surface area contributed by atoms with Gasteiger partial charge in [0.25, 0.3) is 0 Å². The lowest BCUT2D eigenvalue weighted by atomic mass is 10.1. The Hall–Kier alpha value is -2.30. The topological polar surface area (TPSA) is 81.1 Å². The molecule has 5 nitrogen and oxygen atoms in total. The highest BCUT2D eigenvalue weighted by atomic mass is 16.4. The van der Waals surface area contributed by atoms with E-state index in [4.69, 9.17) is 10.8 Å². The fourth-order valence-corrected chi connectivity index (χ4v) is 1.68. The summed E-state index contributed by atoms with van der Waals surface area (Å²) in [5, 5.41) is 12.9. The average molecular weight is 231 g/mol. The third-order valence-electron chi connectivity index (χ3n) is 2.84. The van der Waals surface area contributed by atoms with Crippen LogP contribution in [0.2, 0.25) is 0 Å². The predicted molar refractivity (Wildman–Crippen MR) is 64.4 cm³/mol. The molecular formula is C12H13N3O2. The average Bonchev–Trinajstić information content (AvgIpc) is 2.64. The lowest BCUT2D eigenvalue weighted by molar-refractivity contribution is 0.0698. The van der Waals surface area contributed by atoms with E-state index in [1.807, 2.05) is 32.0 Å². The van der Waals surface area contributed by atoms with E-state index >= 15 is 0 Å². The van der Waals surface area contributed by atoms with Crippen molar-refractivity contribution < 1.29 is 9.90 Å². The van der Waals surface area contributed by atoms with Gasteiger partial charge in [-0.3, -0.25) is 0 Å². The molecule has 3 N–H and O–H groups in total. The quantitative estimate of drug-likeness (QED) is 0.825. The number of aryl methyl sites for hydroxylation is 1. The summed E-state index contributed by atoms with van der Waals surface area (Å²) in [7, 11) is 0. The number of nitrogens with zero attached hydrogens (tertiary/aromatic N) is 2. The summed E-state index contributed by atoms with van der Waals surface area (Å²) in [4.78, 5) is 10.9. The van der Waals surface area contributed by atoms with Crippen LogP contribution < -0.4 is 5.73 Å². The molecule has 0 amide bonds. The second-order valence-corrected chi connectivity index (χ2v) is 3.88. The van der Waals surface area contributed by atoms with Gasteiger partial charge in [0, 0.05) is 0 Å². The monoisotopic (exact) mass is 231 g/mol. The number of aromatic carboxylic acids is 1. The molecule has 0 saturated heterocycles. The fraction of sp³-hybridized carbons (Fsp3) is 0.167. The smallest absolute Gasteiger partial charge is 0.341 e. The number of anilines is 1. The molecule has 0 aliphatic heterocycles. The van der Waals surface area contributed by atoms with Gasteiger partial charge in [-0.1, -0.05) is 12.1 Å². The number of carboxylic acid groups (broad SMARTS) is 1. The van der Waals surface area contributed by atoms with Crippen molar-refractivity contribution in [1.82, 2.24) is 9.78 Å². The van der Waals surface area contributed by atoms with Crippen molar-refractivity contribution in [2.45, 2.75) is 13.8 Å². The minimum atomic E-state index is -1.07. The van der Waals surface area contributed by atoms with Crippen molar-refractivity contribution in [3.05, 3.63) is 41.1 Å². The van der Waals surface area contributed by atoms with Crippen LogP contribution in [-0.2, 0) is 0 Å². The molecule has 2 rings (SSSR count). The molecule has 0 radical (unpaired) electrons. The van der Waals surface area contributed by atoms with Gasteiger partial charge in [0.05, 0.1) is 11.9 Å². The highest BCUT2D eigenvalue weighted by molar-refractivity contribution is 5.92. The largest absolute Gasteiger partial charge is 0.477 e. The number of aromatic nitrogens is 2. The number of nitrogen functional groups attached to an aromatic ring is 1. The zero-order valence-corrected chi connectivity index (χ0v) is 9.64. The molecule has 0 fully saturated rings. The van der Waals surface area contributed by atoms with Gasteiger partial charge in [-0.05, 0) is 31.0 Å². The Labute approximate surface area is 98.5 Å². The van der Waals surface area contributed by atoms with Crippen LogP contribution in [0.25, 0.3) is 5.69 Å². The van der Waals surface area contributed by atoms with Crippen LogP contribution in [0.3, 0.4) is 0 Å². The SMILES string of the molecule is Cc1cccc(-n2ncc(C(=O)O)c2N)c1C. The highest BCUT2D eigenvalue weighted by Gasteiger charge is 2.15. The third kappa shape index (κ3) is 1.75. The number of carbonyl (C=O) groups is 1. The standard InChI is InChI=1S/C12H13N3O2/c1-7-4-3-5-10(8(7)2)15-11(13)9(6-14-15)12(16)17/h3-6H,13H2,1-2H3,(H,16,17). The number of hydrogen-bond donors (Lipinski definition) is 2. The molecule has 2 aromatic rings. The molecule has 0 bridgehead atoms. The van der Waals surface area contributed by atoms with E-state index in [9.17, 15) is 4.79 Å². The maximum Gasteiger partial charge on any atom is 0.341 e. The first-order valence-electron chi connectivity index (χ1n) is 5.15. The van der Waals surface area contributed by atoms with Gasteiger partial charge in [-0.2, -0.15) is 5.10 Å². The lowest BCUT2D eigenvalue weighted by Crippen LogP contribution is -2.07. The van der Waals surface area contributed by atoms with Crippen LogP contribution in [0, 0.1) is 13.8 Å². The molecule has 1 aromatic carbocycles. The lowest BCUT2D eigenvalue weighted by Gasteiger charge is -2.09. The summed E-state index contributed by atoms with van der Waals surface area (Å²) in [6.45, 7) is 3.93. The van der Waals surface area contributed by atoms with Gasteiger partial charge < -0.3 is 10.8 Å². The molecule has 0 aliphatic rings. The Morgan fingerprint density at radius 1 is 1.41 bits per heavy atom. The van der Waals surface area contributed by atoms with Gasteiger partial charge in [0.1, 0.15) is 11.4 Å². The Morgan fingerprint density at radius 3 is 2.71 bits per heavy atom. The van der Waals surface area contributed by atoms with Crippen molar-refractivity contribution in [2.24, 2.45) is 0 Å². The summed E-state index contributed by atoms with van der Waals surface area (Å²) in [5.41, 5.74) is 8.73. The molecule has 1 aromatic heterocycles. The van der Waals surface area contributed by atoms with E-state index in [-0.39, 0.29) is 11.4 Å². The third-order valence-corrected chi connectivity index (χ3v) is 2.84. The molecule has 0 spiro atoms. The normalized spacial score (nSPS) is 10.5. The highest BCUT2D eigenvalue weighted by Crippen LogP contribution is 2.21. The predicted octanol–water partition coefficient (Wildman–Crippen LogP) is 1.77. The van der Waals surface area contributed by atoms with E-state index in [1.165, 1.54) is 10.9 Å². The van der Waals surface area contributed by atoms with E-state index in [0.717, 1.165) is 16.8 Å². The summed E-state index contributed by atoms with van der Waals surface area (Å²) in [6, 6.07) is 5.73. The van der Waals surface area contributed by atoms with E-state index in [2.05, 4.69) is 5.10 Å². The molecule has 0 aliphatic carbocycles. The fourth-order valence-electron chi connectivity index (χ4n) is 1.68. The first kappa shape index (κ1) is 11.2. The maximum absolute atomic E-state index is 10.9. The molecule has 17 heavy (non-hydrogen) atoms. The molecular weight excluding hydrogens is 218 g/mol. The Kier molecular flexibility index (Phi) is 2.59. The van der Waals surface area contributed by atoms with Gasteiger partial charge in [0.15, 0.2) is 0 Å². The zero-order chi connectivity index (χ0) is 12.6. The van der Waals surface area contributed by atoms with E-state index in [1.54, 1.807) is 0 Å². The van der Waals surface area contributed by atoms with Crippen LogP contribution in [0.5, 0.6) is 0 Å². The molecule has 0 atom stereocenters. The summed E-state index contributed by atoms with van der Waals surface area (Å²) in [6.07, 6.45) is 1.26. The van der Waals surface area contributed by atoms with E-state index < -0.39 is 5.97 Å². The Morgan fingerprint density at radius 2 is 2.12 bits per heavy atom. The van der Waals surface area contributed by atoms with Gasteiger partial charge >= 0.3 is 5.97 Å². The van der Waals surface area contributed by atoms with Crippen LogP contribution in [0.4, 0.5) is 5.82 Å². The van der Waals surface area contributed by atoms with Crippen LogP contribution in [0.1, 0.15) is 21.5 Å². The minimum Gasteiger partial charge on any atom is -0.477 e. The number of rotatable bonds is 2. The van der Waals surface area contributed by atoms with Crippen molar-refractivity contribution >= 4 is 11.8 Å². The van der Waals surface area contributed by atoms with Crippen LogP contribution >= 0.6 is 0 Å². The molecule has 5 heteroatoms. The van der Waals surface area contributed by atoms with E-state index in [0.29, 0.717) is 0 Å². The maximum atomic E-state index is 10.9. The molecule has 0 unspecified atom stereocenters. The summed E-state index contributed by atoms with van der Waals surface area (Å²) in [5.74, 6) is -0.926. The van der Waals surface area contributed by atoms with Crippen molar-refractivity contribution in [3.8, 4) is 5.69 Å². The van der Waals surface area contributed by atoms with Crippen LogP contribution in [0.15, 0.2) is 24.4 Å². The number of hydrogen-bond acceptors (Lipinski definition) is 3. The molecule has 88 valence electrons. The molecule has 1 heterocycles. The van der Waals surface area contributed by atoms with Gasteiger partial charge in [-0.25, -0.2) is 9.48 Å². The van der Waals surface area contributed by atoms with Crippen molar-refractivity contribution in [2.75, 3.05) is 5.73 Å². The second kappa shape index (κ2) is 3.93.